The summed E-state index contributed by atoms with van der Waals surface area (Å²) in [6.07, 6.45) is 0. The van der Waals surface area contributed by atoms with E-state index in [1.54, 1.807) is 67.8 Å². The van der Waals surface area contributed by atoms with E-state index >= 15 is 0 Å². The number of anilines is 2. The first-order valence-corrected chi connectivity index (χ1v) is 15.9. The Morgan fingerprint density at radius 3 is 2.40 bits per heavy atom. The molecule has 3 atom stereocenters. The van der Waals surface area contributed by atoms with Crippen molar-refractivity contribution >= 4 is 84.1 Å². The van der Waals surface area contributed by atoms with Gasteiger partial charge in [-0.25, -0.2) is 4.90 Å². The van der Waals surface area contributed by atoms with Crippen LogP contribution in [0.5, 0.6) is 11.5 Å². The molecule has 4 aromatic rings. The number of hydrogen-bond donors (Lipinski definition) is 2. The molecule has 42 heavy (non-hydrogen) atoms. The van der Waals surface area contributed by atoms with Gasteiger partial charge in [0.25, 0.3) is 5.91 Å². The predicted molar refractivity (Wildman–Crippen MR) is 168 cm³/mol. The third-order valence-corrected chi connectivity index (χ3v) is 10.4. The SMILES string of the molecule is COc1ccc(NC(=O)COc2ccc(Br)cc2[C@H]2c3sc(=O)[nH]c3SC3C(=O)N(c4ccc(Br)cc4)C(=O)C32)cc1. The largest absolute Gasteiger partial charge is 0.497 e. The minimum atomic E-state index is -0.796. The van der Waals surface area contributed by atoms with Crippen molar-refractivity contribution in [3.05, 3.63) is 95.8 Å². The highest BCUT2D eigenvalue weighted by atomic mass is 79.9. The summed E-state index contributed by atoms with van der Waals surface area (Å²) in [6.45, 7) is -0.301. The van der Waals surface area contributed by atoms with E-state index < -0.39 is 17.1 Å². The third kappa shape index (κ3) is 5.41. The second kappa shape index (κ2) is 11.7. The number of nitrogens with one attached hydrogen (secondary N) is 2. The molecule has 2 aliphatic heterocycles. The van der Waals surface area contributed by atoms with Crippen LogP contribution >= 0.6 is 55.0 Å². The van der Waals surface area contributed by atoms with Gasteiger partial charge in [-0.05, 0) is 66.7 Å². The van der Waals surface area contributed by atoms with Crippen molar-refractivity contribution in [3.8, 4) is 11.5 Å². The Hall–Kier alpha value is -3.39. The summed E-state index contributed by atoms with van der Waals surface area (Å²) >= 11 is 9.12. The quantitative estimate of drug-likeness (QED) is 0.232. The Morgan fingerprint density at radius 2 is 1.69 bits per heavy atom. The zero-order chi connectivity index (χ0) is 29.5. The number of ether oxygens (including phenoxy) is 2. The Balaban J connectivity index is 1.34. The lowest BCUT2D eigenvalue weighted by Crippen LogP contribution is -2.32. The van der Waals surface area contributed by atoms with Gasteiger partial charge in [-0.2, -0.15) is 0 Å². The second-order valence-electron chi connectivity index (χ2n) is 9.49. The van der Waals surface area contributed by atoms with Crippen LogP contribution in [0.4, 0.5) is 11.4 Å². The molecule has 3 aromatic carbocycles. The van der Waals surface area contributed by atoms with Crippen molar-refractivity contribution in [1.29, 1.82) is 0 Å². The van der Waals surface area contributed by atoms with E-state index in [4.69, 9.17) is 9.47 Å². The van der Waals surface area contributed by atoms with E-state index in [2.05, 4.69) is 42.2 Å². The average molecular weight is 731 g/mol. The lowest BCUT2D eigenvalue weighted by Gasteiger charge is -2.31. The number of aromatic amines is 1. The van der Waals surface area contributed by atoms with Gasteiger partial charge in [-0.15, -0.1) is 0 Å². The summed E-state index contributed by atoms with van der Waals surface area (Å²) in [6, 6.07) is 19.2. The van der Waals surface area contributed by atoms with E-state index in [-0.39, 0.29) is 29.2 Å². The Kier molecular flexibility index (Phi) is 8.01. The molecule has 0 bridgehead atoms. The average Bonchev–Trinajstić information content (AvgIpc) is 3.47. The van der Waals surface area contributed by atoms with Gasteiger partial charge in [0.05, 0.1) is 23.7 Å². The van der Waals surface area contributed by atoms with Gasteiger partial charge < -0.3 is 19.8 Å². The second-order valence-corrected chi connectivity index (χ2v) is 13.5. The highest BCUT2D eigenvalue weighted by Crippen LogP contribution is 2.54. The third-order valence-electron chi connectivity index (χ3n) is 6.95. The summed E-state index contributed by atoms with van der Waals surface area (Å²) in [5.41, 5.74) is 1.64. The van der Waals surface area contributed by atoms with Crippen LogP contribution in [0, 0.1) is 5.92 Å². The standard InChI is InChI=1S/C29H21Br2N3O6S2/c1-39-18-9-5-16(6-10-18)32-21(35)13-40-20-11-4-15(31)12-19(20)22-23-25(41-26-24(22)42-29(38)33-26)28(37)34(27(23)36)17-7-2-14(30)3-8-17/h2-12,22-23,25H,13H2,1H3,(H,32,35)(H,33,38)/t22-,23?,25?/m1/s1. The Labute approximate surface area is 264 Å². The van der Waals surface area contributed by atoms with Crippen LogP contribution < -0.4 is 24.6 Å². The number of halogens is 2. The first kappa shape index (κ1) is 28.7. The van der Waals surface area contributed by atoms with Crippen LogP contribution in [-0.4, -0.2) is 41.7 Å². The number of thiazole rings is 1. The molecular weight excluding hydrogens is 710 g/mol. The highest BCUT2D eigenvalue weighted by Gasteiger charge is 2.56. The number of thioether (sulfide) groups is 1. The lowest BCUT2D eigenvalue weighted by molar-refractivity contribution is -0.122. The molecule has 214 valence electrons. The number of benzene rings is 3. The Bertz CT molecular complexity index is 1760. The van der Waals surface area contributed by atoms with E-state index in [0.29, 0.717) is 42.8 Å². The summed E-state index contributed by atoms with van der Waals surface area (Å²) in [5.74, 6) is -1.52. The van der Waals surface area contributed by atoms with Crippen molar-refractivity contribution in [2.45, 2.75) is 16.2 Å². The molecule has 13 heteroatoms. The molecule has 3 heterocycles. The van der Waals surface area contributed by atoms with Crippen molar-refractivity contribution in [2.75, 3.05) is 23.9 Å². The van der Waals surface area contributed by atoms with E-state index in [9.17, 15) is 19.2 Å². The number of nitrogens with zero attached hydrogens (tertiary/aromatic N) is 1. The Morgan fingerprint density at radius 1 is 0.976 bits per heavy atom. The molecule has 1 saturated heterocycles. The highest BCUT2D eigenvalue weighted by molar-refractivity contribution is 9.10. The van der Waals surface area contributed by atoms with Crippen LogP contribution in [-0.2, 0) is 14.4 Å². The summed E-state index contributed by atoms with van der Waals surface area (Å²) in [4.78, 5) is 57.4. The fourth-order valence-electron chi connectivity index (χ4n) is 5.11. The maximum absolute atomic E-state index is 14.0. The van der Waals surface area contributed by atoms with Crippen LogP contribution in [0.2, 0.25) is 0 Å². The molecule has 3 amide bonds. The van der Waals surface area contributed by atoms with Crippen molar-refractivity contribution < 1.29 is 23.9 Å². The number of carbonyl (C=O) groups excluding carboxylic acids is 3. The van der Waals surface area contributed by atoms with Crippen molar-refractivity contribution in [2.24, 2.45) is 5.92 Å². The van der Waals surface area contributed by atoms with Crippen molar-refractivity contribution in [3.63, 3.8) is 0 Å². The van der Waals surface area contributed by atoms with Gasteiger partial charge in [0.15, 0.2) is 6.61 Å². The number of carbonyl (C=O) groups is 3. The number of amides is 3. The first-order chi connectivity index (χ1) is 20.2. The zero-order valence-corrected chi connectivity index (χ0v) is 26.6. The van der Waals surface area contributed by atoms with Gasteiger partial charge in [0.1, 0.15) is 16.7 Å². The molecular formula is C29H21Br2N3O6S2. The van der Waals surface area contributed by atoms with Gasteiger partial charge in [0, 0.05) is 31.0 Å². The minimum absolute atomic E-state index is 0.279. The lowest BCUT2D eigenvalue weighted by atomic mass is 9.82. The smallest absolute Gasteiger partial charge is 0.305 e. The fourth-order valence-corrected chi connectivity index (χ4v) is 8.25. The molecule has 0 radical (unpaired) electrons. The number of aromatic nitrogens is 1. The number of imide groups is 1. The summed E-state index contributed by atoms with van der Waals surface area (Å²) in [7, 11) is 1.56. The molecule has 9 nitrogen and oxygen atoms in total. The predicted octanol–water partition coefficient (Wildman–Crippen LogP) is 5.78. The van der Waals surface area contributed by atoms with Gasteiger partial charge in [-0.3, -0.25) is 19.2 Å². The van der Waals surface area contributed by atoms with Crippen LogP contribution in [0.3, 0.4) is 0 Å². The maximum atomic E-state index is 14.0. The molecule has 0 saturated carbocycles. The summed E-state index contributed by atoms with van der Waals surface area (Å²) in [5, 5.41) is 2.58. The zero-order valence-electron chi connectivity index (χ0n) is 21.8. The number of methoxy groups -OCH3 is 1. The number of hydrogen-bond acceptors (Lipinski definition) is 8. The topological polar surface area (TPSA) is 118 Å². The molecule has 1 aromatic heterocycles. The first-order valence-electron chi connectivity index (χ1n) is 12.6. The van der Waals surface area contributed by atoms with E-state index in [1.807, 2.05) is 6.07 Å². The minimum Gasteiger partial charge on any atom is -0.497 e. The number of H-pyrrole nitrogens is 1. The molecule has 6 rings (SSSR count). The molecule has 1 fully saturated rings. The normalized spacial score (nSPS) is 19.3. The summed E-state index contributed by atoms with van der Waals surface area (Å²) < 4.78 is 12.7. The molecule has 2 unspecified atom stereocenters. The van der Waals surface area contributed by atoms with Crippen LogP contribution in [0.25, 0.3) is 0 Å². The van der Waals surface area contributed by atoms with Crippen LogP contribution in [0.1, 0.15) is 16.4 Å². The molecule has 0 aliphatic carbocycles. The van der Waals surface area contributed by atoms with Gasteiger partial charge >= 0.3 is 4.87 Å². The van der Waals surface area contributed by atoms with E-state index in [0.717, 1.165) is 15.8 Å². The molecule has 2 aliphatic rings. The van der Waals surface area contributed by atoms with E-state index in [1.165, 1.54) is 16.7 Å². The maximum Gasteiger partial charge on any atom is 0.305 e. The fraction of sp³-hybridized carbons (Fsp3) is 0.172. The number of rotatable bonds is 7. The van der Waals surface area contributed by atoms with Gasteiger partial charge in [-0.1, -0.05) is 55.0 Å². The van der Waals surface area contributed by atoms with Crippen LogP contribution in [0.15, 0.2) is 85.5 Å². The molecule has 2 N–H and O–H groups in total. The monoisotopic (exact) mass is 729 g/mol. The van der Waals surface area contributed by atoms with Crippen molar-refractivity contribution in [1.82, 2.24) is 4.98 Å². The number of fused-ring (bicyclic) bond motifs is 2. The molecule has 0 spiro atoms. The van der Waals surface area contributed by atoms with Gasteiger partial charge in [0.2, 0.25) is 11.8 Å².